The van der Waals surface area contributed by atoms with Crippen molar-refractivity contribution < 1.29 is 9.53 Å². The molecule has 0 fully saturated rings. The molecule has 0 bridgehead atoms. The van der Waals surface area contributed by atoms with Gasteiger partial charge in [0.05, 0.1) is 12.3 Å². The molecule has 3 rings (SSSR count). The quantitative estimate of drug-likeness (QED) is 0.643. The molecule has 0 saturated carbocycles. The highest BCUT2D eigenvalue weighted by molar-refractivity contribution is 6.05. The standard InChI is InChI=1S/C22H23N3O2/c1-3-27-20-10-5-4-9-19(20)25-22(26)18-11-12-23-21(14-18)24-15-17-8-6-7-16(2)13-17/h4-14H,3,15H2,1-2H3,(H,23,24)(H,25,26). The lowest BCUT2D eigenvalue weighted by Crippen LogP contribution is -2.13. The van der Waals surface area contributed by atoms with Gasteiger partial charge in [-0.1, -0.05) is 42.0 Å². The number of carbonyl (C=O) groups is 1. The van der Waals surface area contributed by atoms with E-state index in [0.29, 0.717) is 36.0 Å². The van der Waals surface area contributed by atoms with Gasteiger partial charge in [-0.25, -0.2) is 4.98 Å². The maximum atomic E-state index is 12.6. The van der Waals surface area contributed by atoms with Crippen LogP contribution in [0.1, 0.15) is 28.4 Å². The largest absolute Gasteiger partial charge is 0.492 e. The molecule has 3 aromatic rings. The number of nitrogens with zero attached hydrogens (tertiary/aromatic N) is 1. The average Bonchev–Trinajstić information content (AvgIpc) is 2.68. The molecule has 1 amide bonds. The molecule has 0 aliphatic heterocycles. The minimum atomic E-state index is -0.205. The first-order chi connectivity index (χ1) is 13.2. The van der Waals surface area contributed by atoms with Crippen LogP contribution in [0.25, 0.3) is 0 Å². The Balaban J connectivity index is 1.68. The minimum absolute atomic E-state index is 0.205. The fraction of sp³-hybridized carbons (Fsp3) is 0.182. The summed E-state index contributed by atoms with van der Waals surface area (Å²) in [7, 11) is 0. The van der Waals surface area contributed by atoms with Crippen molar-refractivity contribution in [1.82, 2.24) is 4.98 Å². The number of ether oxygens (including phenoxy) is 1. The van der Waals surface area contributed by atoms with Gasteiger partial charge in [0, 0.05) is 18.3 Å². The van der Waals surface area contributed by atoms with Crippen LogP contribution in [0.4, 0.5) is 11.5 Å². The first-order valence-electron chi connectivity index (χ1n) is 8.94. The third-order valence-electron chi connectivity index (χ3n) is 4.01. The van der Waals surface area contributed by atoms with Crippen LogP contribution in [-0.4, -0.2) is 17.5 Å². The molecule has 0 unspecified atom stereocenters. The van der Waals surface area contributed by atoms with Crippen molar-refractivity contribution in [3.63, 3.8) is 0 Å². The molecule has 1 heterocycles. The van der Waals surface area contributed by atoms with Gasteiger partial charge in [-0.15, -0.1) is 0 Å². The Hall–Kier alpha value is -3.34. The number of para-hydroxylation sites is 2. The lowest BCUT2D eigenvalue weighted by molar-refractivity contribution is 0.102. The van der Waals surface area contributed by atoms with Crippen LogP contribution >= 0.6 is 0 Å². The van der Waals surface area contributed by atoms with Crippen LogP contribution in [0.15, 0.2) is 66.9 Å². The number of rotatable bonds is 7. The van der Waals surface area contributed by atoms with E-state index in [1.807, 2.05) is 37.3 Å². The van der Waals surface area contributed by atoms with Crippen molar-refractivity contribution in [2.45, 2.75) is 20.4 Å². The molecule has 0 saturated heterocycles. The molecule has 0 aliphatic rings. The van der Waals surface area contributed by atoms with Crippen molar-refractivity contribution in [3.05, 3.63) is 83.6 Å². The Kier molecular flexibility index (Phi) is 6.05. The lowest BCUT2D eigenvalue weighted by atomic mass is 10.1. The summed E-state index contributed by atoms with van der Waals surface area (Å²) >= 11 is 0. The number of amides is 1. The number of hydrogen-bond donors (Lipinski definition) is 2. The van der Waals surface area contributed by atoms with Crippen LogP contribution in [0.2, 0.25) is 0 Å². The van der Waals surface area contributed by atoms with E-state index in [1.54, 1.807) is 18.3 Å². The van der Waals surface area contributed by atoms with Crippen LogP contribution in [0, 0.1) is 6.92 Å². The summed E-state index contributed by atoms with van der Waals surface area (Å²) in [6.07, 6.45) is 1.63. The summed E-state index contributed by atoms with van der Waals surface area (Å²) in [5.74, 6) is 1.10. The van der Waals surface area contributed by atoms with Gasteiger partial charge < -0.3 is 15.4 Å². The van der Waals surface area contributed by atoms with Crippen LogP contribution in [-0.2, 0) is 6.54 Å². The number of anilines is 2. The highest BCUT2D eigenvalue weighted by atomic mass is 16.5. The topological polar surface area (TPSA) is 63.2 Å². The third kappa shape index (κ3) is 5.07. The van der Waals surface area contributed by atoms with E-state index in [-0.39, 0.29) is 5.91 Å². The fourth-order valence-corrected chi connectivity index (χ4v) is 2.73. The summed E-state index contributed by atoms with van der Waals surface area (Å²) in [6.45, 7) is 5.16. The van der Waals surface area contributed by atoms with Crippen molar-refractivity contribution in [1.29, 1.82) is 0 Å². The second-order valence-electron chi connectivity index (χ2n) is 6.16. The Bertz CT molecular complexity index is 925. The molecule has 5 heteroatoms. The fourth-order valence-electron chi connectivity index (χ4n) is 2.73. The number of nitrogens with one attached hydrogen (secondary N) is 2. The van der Waals surface area contributed by atoms with E-state index in [9.17, 15) is 4.79 Å². The minimum Gasteiger partial charge on any atom is -0.492 e. The SMILES string of the molecule is CCOc1ccccc1NC(=O)c1ccnc(NCc2cccc(C)c2)c1. The number of hydrogen-bond acceptors (Lipinski definition) is 4. The number of aryl methyl sites for hydroxylation is 1. The first kappa shape index (κ1) is 18.5. The van der Waals surface area contributed by atoms with E-state index >= 15 is 0 Å². The molecule has 138 valence electrons. The number of carbonyl (C=O) groups excluding carboxylic acids is 1. The van der Waals surface area contributed by atoms with E-state index < -0.39 is 0 Å². The van der Waals surface area contributed by atoms with E-state index in [1.165, 1.54) is 5.56 Å². The van der Waals surface area contributed by atoms with Gasteiger partial charge in [0.1, 0.15) is 11.6 Å². The molecule has 1 aromatic heterocycles. The van der Waals surface area contributed by atoms with E-state index in [4.69, 9.17) is 4.74 Å². The highest BCUT2D eigenvalue weighted by Crippen LogP contribution is 2.24. The Labute approximate surface area is 159 Å². The van der Waals surface area contributed by atoms with Gasteiger partial charge in [-0.3, -0.25) is 4.79 Å². The molecule has 2 N–H and O–H groups in total. The molecular weight excluding hydrogens is 338 g/mol. The van der Waals surface area contributed by atoms with E-state index in [0.717, 1.165) is 5.56 Å². The monoisotopic (exact) mass is 361 g/mol. The van der Waals surface area contributed by atoms with Crippen LogP contribution in [0.5, 0.6) is 5.75 Å². The molecule has 0 aliphatic carbocycles. The molecule has 0 radical (unpaired) electrons. The van der Waals surface area contributed by atoms with E-state index in [2.05, 4.69) is 40.7 Å². The summed E-state index contributed by atoms with van der Waals surface area (Å²) in [6, 6.07) is 19.1. The van der Waals surface area contributed by atoms with Crippen molar-refractivity contribution in [3.8, 4) is 5.75 Å². The summed E-state index contributed by atoms with van der Waals surface area (Å²) in [4.78, 5) is 16.9. The zero-order chi connectivity index (χ0) is 19.1. The second kappa shape index (κ2) is 8.85. The first-order valence-corrected chi connectivity index (χ1v) is 8.94. The predicted molar refractivity (Wildman–Crippen MR) is 108 cm³/mol. The predicted octanol–water partition coefficient (Wildman–Crippen LogP) is 4.65. The average molecular weight is 361 g/mol. The van der Waals surface area contributed by atoms with Crippen molar-refractivity contribution in [2.75, 3.05) is 17.2 Å². The molecular formula is C22H23N3O2. The molecule has 2 aromatic carbocycles. The van der Waals surface area contributed by atoms with Gasteiger partial charge in [-0.2, -0.15) is 0 Å². The number of aromatic nitrogens is 1. The number of pyridine rings is 1. The Morgan fingerprint density at radius 3 is 2.74 bits per heavy atom. The molecule has 0 atom stereocenters. The van der Waals surface area contributed by atoms with Crippen molar-refractivity contribution >= 4 is 17.4 Å². The number of benzene rings is 2. The Morgan fingerprint density at radius 2 is 1.93 bits per heavy atom. The van der Waals surface area contributed by atoms with Gasteiger partial charge in [0.2, 0.25) is 0 Å². The lowest BCUT2D eigenvalue weighted by Gasteiger charge is -2.12. The third-order valence-corrected chi connectivity index (χ3v) is 4.01. The summed E-state index contributed by atoms with van der Waals surface area (Å²) in [5.41, 5.74) is 3.55. The zero-order valence-electron chi connectivity index (χ0n) is 15.5. The maximum Gasteiger partial charge on any atom is 0.255 e. The van der Waals surface area contributed by atoms with Gasteiger partial charge >= 0.3 is 0 Å². The maximum absolute atomic E-state index is 12.6. The second-order valence-corrected chi connectivity index (χ2v) is 6.16. The molecule has 0 spiro atoms. The summed E-state index contributed by atoms with van der Waals surface area (Å²) < 4.78 is 5.56. The van der Waals surface area contributed by atoms with Gasteiger partial charge in [0.25, 0.3) is 5.91 Å². The summed E-state index contributed by atoms with van der Waals surface area (Å²) in [5, 5.41) is 6.16. The van der Waals surface area contributed by atoms with Crippen molar-refractivity contribution in [2.24, 2.45) is 0 Å². The van der Waals surface area contributed by atoms with Gasteiger partial charge in [0.15, 0.2) is 0 Å². The Morgan fingerprint density at radius 1 is 1.07 bits per heavy atom. The molecule has 5 nitrogen and oxygen atoms in total. The molecule has 27 heavy (non-hydrogen) atoms. The van der Waals surface area contributed by atoms with Gasteiger partial charge in [-0.05, 0) is 43.7 Å². The van der Waals surface area contributed by atoms with Crippen LogP contribution in [0.3, 0.4) is 0 Å². The zero-order valence-corrected chi connectivity index (χ0v) is 15.5. The normalized spacial score (nSPS) is 10.3. The van der Waals surface area contributed by atoms with Crippen LogP contribution < -0.4 is 15.4 Å². The highest BCUT2D eigenvalue weighted by Gasteiger charge is 2.10. The smallest absolute Gasteiger partial charge is 0.255 e.